The lowest BCUT2D eigenvalue weighted by Gasteiger charge is -2.17. The van der Waals surface area contributed by atoms with E-state index >= 15 is 0 Å². The molecule has 0 bridgehead atoms. The average Bonchev–Trinajstić information content (AvgIpc) is 1.84. The fourth-order valence-corrected chi connectivity index (χ4v) is 1.60. The molecule has 1 atom stereocenters. The Morgan fingerprint density at radius 2 is 2.08 bits per heavy atom. The first-order chi connectivity index (χ1) is 5.33. The Bertz CT molecular complexity index is 154. The van der Waals surface area contributed by atoms with Crippen LogP contribution in [-0.2, 0) is 4.79 Å². The van der Waals surface area contributed by atoms with Crippen molar-refractivity contribution in [1.29, 1.82) is 0 Å². The molecule has 0 aliphatic heterocycles. The van der Waals surface area contributed by atoms with Crippen LogP contribution in [0, 0.1) is 0 Å². The lowest BCUT2D eigenvalue weighted by Crippen LogP contribution is -2.30. The van der Waals surface area contributed by atoms with Crippen molar-refractivity contribution in [1.82, 2.24) is 0 Å². The highest BCUT2D eigenvalue weighted by Gasteiger charge is 2.14. The first-order valence-electron chi connectivity index (χ1n) is 3.95. The number of aliphatic carboxylic acids is 1. The monoisotopic (exact) mass is 191 g/mol. The summed E-state index contributed by atoms with van der Waals surface area (Å²) in [7, 11) is 0. The molecule has 12 heavy (non-hydrogen) atoms. The highest BCUT2D eigenvalue weighted by molar-refractivity contribution is 8.00. The highest BCUT2D eigenvalue weighted by Crippen LogP contribution is 2.23. The van der Waals surface area contributed by atoms with Crippen LogP contribution in [0.1, 0.15) is 27.2 Å². The molecular formula is C8H17NO2S. The maximum absolute atomic E-state index is 10.3. The first kappa shape index (κ1) is 11.8. The van der Waals surface area contributed by atoms with Gasteiger partial charge in [-0.1, -0.05) is 20.8 Å². The van der Waals surface area contributed by atoms with Crippen LogP contribution in [-0.4, -0.2) is 27.6 Å². The van der Waals surface area contributed by atoms with Crippen LogP contribution in [0.25, 0.3) is 0 Å². The van der Waals surface area contributed by atoms with Crippen molar-refractivity contribution in [3.05, 3.63) is 0 Å². The molecule has 4 heteroatoms. The third-order valence-corrected chi connectivity index (χ3v) is 2.59. The fraction of sp³-hybridized carbons (Fsp3) is 0.875. The van der Waals surface area contributed by atoms with Crippen LogP contribution in [0.15, 0.2) is 0 Å². The van der Waals surface area contributed by atoms with Gasteiger partial charge in [-0.2, -0.15) is 11.8 Å². The molecule has 3 N–H and O–H groups in total. The predicted molar refractivity (Wildman–Crippen MR) is 52.4 cm³/mol. The van der Waals surface area contributed by atoms with Crippen molar-refractivity contribution < 1.29 is 9.90 Å². The molecule has 0 aromatic rings. The Labute approximate surface area is 77.7 Å². The lowest BCUT2D eigenvalue weighted by atomic mass is 10.2. The highest BCUT2D eigenvalue weighted by atomic mass is 32.2. The first-order valence-corrected chi connectivity index (χ1v) is 4.94. The molecule has 0 saturated carbocycles. The van der Waals surface area contributed by atoms with Crippen LogP contribution >= 0.6 is 11.8 Å². The summed E-state index contributed by atoms with van der Waals surface area (Å²) in [6, 6.07) is -0.708. The van der Waals surface area contributed by atoms with Crippen molar-refractivity contribution >= 4 is 17.7 Å². The van der Waals surface area contributed by atoms with E-state index in [2.05, 4.69) is 20.8 Å². The van der Waals surface area contributed by atoms with Gasteiger partial charge in [0.1, 0.15) is 6.04 Å². The summed E-state index contributed by atoms with van der Waals surface area (Å²) in [4.78, 5) is 10.3. The van der Waals surface area contributed by atoms with E-state index in [1.807, 2.05) is 0 Å². The molecule has 0 aliphatic carbocycles. The molecule has 0 heterocycles. The average molecular weight is 191 g/mol. The van der Waals surface area contributed by atoms with Gasteiger partial charge in [0.25, 0.3) is 0 Å². The van der Waals surface area contributed by atoms with Crippen LogP contribution in [0.2, 0.25) is 0 Å². The van der Waals surface area contributed by atoms with E-state index in [0.717, 1.165) is 5.75 Å². The maximum Gasteiger partial charge on any atom is 0.320 e. The number of thioether (sulfide) groups is 1. The fourth-order valence-electron chi connectivity index (χ4n) is 0.616. The smallest absolute Gasteiger partial charge is 0.320 e. The third-order valence-electron chi connectivity index (χ3n) is 1.28. The second-order valence-corrected chi connectivity index (χ2v) is 5.62. The van der Waals surface area contributed by atoms with Crippen LogP contribution in [0.5, 0.6) is 0 Å². The van der Waals surface area contributed by atoms with Gasteiger partial charge in [0, 0.05) is 4.75 Å². The van der Waals surface area contributed by atoms with E-state index in [0.29, 0.717) is 6.42 Å². The molecule has 0 fully saturated rings. The van der Waals surface area contributed by atoms with Gasteiger partial charge >= 0.3 is 5.97 Å². The van der Waals surface area contributed by atoms with Crippen molar-refractivity contribution in [2.45, 2.75) is 38.0 Å². The van der Waals surface area contributed by atoms with Gasteiger partial charge in [-0.3, -0.25) is 4.79 Å². The van der Waals surface area contributed by atoms with Gasteiger partial charge < -0.3 is 10.8 Å². The zero-order chi connectivity index (χ0) is 9.78. The van der Waals surface area contributed by atoms with Crippen molar-refractivity contribution in [3.63, 3.8) is 0 Å². The molecule has 0 amide bonds. The molecule has 0 aromatic carbocycles. The zero-order valence-electron chi connectivity index (χ0n) is 7.83. The van der Waals surface area contributed by atoms with Crippen LogP contribution in [0.3, 0.4) is 0 Å². The number of nitrogens with two attached hydrogens (primary N) is 1. The summed E-state index contributed by atoms with van der Waals surface area (Å²) in [5.74, 6) is -0.110. The minimum absolute atomic E-state index is 0.193. The van der Waals surface area contributed by atoms with Crippen molar-refractivity contribution in [2.24, 2.45) is 5.73 Å². The van der Waals surface area contributed by atoms with Gasteiger partial charge in [0.2, 0.25) is 0 Å². The van der Waals surface area contributed by atoms with Crippen molar-refractivity contribution in [2.75, 3.05) is 5.75 Å². The summed E-state index contributed by atoms with van der Waals surface area (Å²) >= 11 is 1.74. The summed E-state index contributed by atoms with van der Waals surface area (Å²) in [5, 5.41) is 8.48. The van der Waals surface area contributed by atoms with Gasteiger partial charge in [-0.05, 0) is 12.2 Å². The third kappa shape index (κ3) is 6.49. The number of hydrogen-bond donors (Lipinski definition) is 2. The Hall–Kier alpha value is -0.220. The maximum atomic E-state index is 10.3. The minimum Gasteiger partial charge on any atom is -0.480 e. The minimum atomic E-state index is -0.912. The van der Waals surface area contributed by atoms with Gasteiger partial charge in [-0.15, -0.1) is 0 Å². The lowest BCUT2D eigenvalue weighted by molar-refractivity contribution is -0.138. The Balaban J connectivity index is 3.51. The quantitative estimate of drug-likeness (QED) is 0.703. The van der Waals surface area contributed by atoms with E-state index in [4.69, 9.17) is 10.8 Å². The van der Waals surface area contributed by atoms with Crippen LogP contribution < -0.4 is 5.73 Å². The summed E-state index contributed by atoms with van der Waals surface area (Å²) < 4.78 is 0.193. The molecule has 72 valence electrons. The number of rotatable bonds is 4. The molecule has 0 aliphatic rings. The molecule has 0 spiro atoms. The second-order valence-electron chi connectivity index (χ2n) is 3.69. The molecule has 3 nitrogen and oxygen atoms in total. The predicted octanol–water partition coefficient (Wildman–Crippen LogP) is 1.32. The SMILES string of the molecule is CC(C)(C)SCCC(N)C(=O)O. The number of carboxylic acids is 1. The molecule has 0 saturated heterocycles. The topological polar surface area (TPSA) is 63.3 Å². The van der Waals surface area contributed by atoms with E-state index in [1.54, 1.807) is 11.8 Å². The Morgan fingerprint density at radius 3 is 2.42 bits per heavy atom. The Morgan fingerprint density at radius 1 is 1.58 bits per heavy atom. The molecule has 0 aromatic heterocycles. The van der Waals surface area contributed by atoms with Crippen LogP contribution in [0.4, 0.5) is 0 Å². The van der Waals surface area contributed by atoms with E-state index in [-0.39, 0.29) is 4.75 Å². The number of hydrogen-bond acceptors (Lipinski definition) is 3. The molecule has 0 radical (unpaired) electrons. The van der Waals surface area contributed by atoms with Gasteiger partial charge in [-0.25, -0.2) is 0 Å². The molecule has 0 rings (SSSR count). The summed E-state index contributed by atoms with van der Waals surface area (Å²) in [6.07, 6.45) is 0.539. The second kappa shape index (κ2) is 4.72. The standard InChI is InChI=1S/C8H17NO2S/c1-8(2,3)12-5-4-6(9)7(10)11/h6H,4-5,9H2,1-3H3,(H,10,11). The Kier molecular flexibility index (Phi) is 4.63. The van der Waals surface area contributed by atoms with Gasteiger partial charge in [0.05, 0.1) is 0 Å². The number of carbonyl (C=O) groups is 1. The van der Waals surface area contributed by atoms with E-state index in [1.165, 1.54) is 0 Å². The van der Waals surface area contributed by atoms with Gasteiger partial charge in [0.15, 0.2) is 0 Å². The molecular weight excluding hydrogens is 174 g/mol. The van der Waals surface area contributed by atoms with E-state index < -0.39 is 12.0 Å². The zero-order valence-corrected chi connectivity index (χ0v) is 8.65. The van der Waals surface area contributed by atoms with E-state index in [9.17, 15) is 4.79 Å². The summed E-state index contributed by atoms with van der Waals surface area (Å²) in [5.41, 5.74) is 5.33. The summed E-state index contributed by atoms with van der Waals surface area (Å²) in [6.45, 7) is 6.30. The number of carboxylic acid groups (broad SMARTS) is 1. The largest absolute Gasteiger partial charge is 0.480 e. The molecule has 1 unspecified atom stereocenters. The normalized spacial score (nSPS) is 14.3. The van der Waals surface area contributed by atoms with Crippen molar-refractivity contribution in [3.8, 4) is 0 Å².